The molecule has 0 unspecified atom stereocenters. The standard InChI is InChI=1S/C11H19NO3/c1-4-11(5-2,9(13)7-8-12)10(14)15-6-3/h7-8H,4-6,12H2,1-3H3/b8-7-. The molecule has 4 nitrogen and oxygen atoms in total. The van der Waals surface area contributed by atoms with E-state index in [0.717, 1.165) is 6.20 Å². The number of hydrogen-bond donors (Lipinski definition) is 1. The summed E-state index contributed by atoms with van der Waals surface area (Å²) in [5.74, 6) is -0.744. The molecule has 0 saturated heterocycles. The van der Waals surface area contributed by atoms with Gasteiger partial charge in [-0.15, -0.1) is 0 Å². The summed E-state index contributed by atoms with van der Waals surface area (Å²) in [6, 6.07) is 0. The molecule has 0 saturated carbocycles. The number of carbonyl (C=O) groups is 2. The van der Waals surface area contributed by atoms with Crippen LogP contribution in [0.4, 0.5) is 0 Å². The van der Waals surface area contributed by atoms with Gasteiger partial charge >= 0.3 is 5.97 Å². The largest absolute Gasteiger partial charge is 0.465 e. The van der Waals surface area contributed by atoms with Crippen molar-refractivity contribution >= 4 is 11.8 Å². The second-order valence-electron chi connectivity index (χ2n) is 3.23. The molecule has 0 amide bonds. The molecule has 0 aromatic carbocycles. The van der Waals surface area contributed by atoms with E-state index in [4.69, 9.17) is 10.5 Å². The van der Waals surface area contributed by atoms with Crippen LogP contribution in [0.2, 0.25) is 0 Å². The normalized spacial score (nSPS) is 11.7. The monoisotopic (exact) mass is 213 g/mol. The maximum atomic E-state index is 11.8. The van der Waals surface area contributed by atoms with Gasteiger partial charge in [0.05, 0.1) is 6.61 Å². The molecular formula is C11H19NO3. The SMILES string of the molecule is CCOC(=O)C(CC)(CC)C(=O)/C=C\N. The first-order valence-electron chi connectivity index (χ1n) is 5.18. The van der Waals surface area contributed by atoms with Crippen molar-refractivity contribution in [3.8, 4) is 0 Å². The summed E-state index contributed by atoms with van der Waals surface area (Å²) >= 11 is 0. The van der Waals surface area contributed by atoms with Crippen molar-refractivity contribution in [1.29, 1.82) is 0 Å². The van der Waals surface area contributed by atoms with Gasteiger partial charge in [-0.1, -0.05) is 13.8 Å². The molecule has 0 spiro atoms. The molecule has 86 valence electrons. The summed E-state index contributed by atoms with van der Waals surface area (Å²) in [6.45, 7) is 5.59. The van der Waals surface area contributed by atoms with Crippen molar-refractivity contribution in [1.82, 2.24) is 0 Å². The quantitative estimate of drug-likeness (QED) is 0.411. The molecular weight excluding hydrogens is 194 g/mol. The second-order valence-corrected chi connectivity index (χ2v) is 3.23. The minimum atomic E-state index is -1.06. The third kappa shape index (κ3) is 2.81. The number of allylic oxidation sites excluding steroid dienone is 1. The van der Waals surface area contributed by atoms with Gasteiger partial charge in [-0.25, -0.2) is 0 Å². The average molecular weight is 213 g/mol. The van der Waals surface area contributed by atoms with E-state index in [9.17, 15) is 9.59 Å². The van der Waals surface area contributed by atoms with E-state index in [1.165, 1.54) is 6.08 Å². The molecule has 0 aromatic rings. The van der Waals surface area contributed by atoms with Crippen molar-refractivity contribution in [3.05, 3.63) is 12.3 Å². The molecule has 0 bridgehead atoms. The van der Waals surface area contributed by atoms with Crippen molar-refractivity contribution in [3.63, 3.8) is 0 Å². The van der Waals surface area contributed by atoms with Gasteiger partial charge in [0.1, 0.15) is 5.41 Å². The zero-order valence-corrected chi connectivity index (χ0v) is 9.58. The number of ether oxygens (including phenoxy) is 1. The van der Waals surface area contributed by atoms with Crippen LogP contribution in [0.1, 0.15) is 33.6 Å². The number of rotatable bonds is 6. The van der Waals surface area contributed by atoms with E-state index in [2.05, 4.69) is 0 Å². The summed E-state index contributed by atoms with van der Waals surface area (Å²) in [4.78, 5) is 23.5. The molecule has 0 aliphatic heterocycles. The third-order valence-electron chi connectivity index (χ3n) is 2.59. The highest BCUT2D eigenvalue weighted by molar-refractivity contribution is 6.09. The van der Waals surface area contributed by atoms with E-state index in [-0.39, 0.29) is 12.4 Å². The lowest BCUT2D eigenvalue weighted by Crippen LogP contribution is -2.39. The first-order valence-corrected chi connectivity index (χ1v) is 5.18. The number of nitrogens with two attached hydrogens (primary N) is 1. The molecule has 0 aromatic heterocycles. The zero-order chi connectivity index (χ0) is 11.9. The molecule has 0 heterocycles. The zero-order valence-electron chi connectivity index (χ0n) is 9.58. The lowest BCUT2D eigenvalue weighted by Gasteiger charge is -2.25. The van der Waals surface area contributed by atoms with Crippen molar-refractivity contribution in [2.45, 2.75) is 33.6 Å². The van der Waals surface area contributed by atoms with Gasteiger partial charge in [0.25, 0.3) is 0 Å². The van der Waals surface area contributed by atoms with Crippen LogP contribution < -0.4 is 5.73 Å². The molecule has 0 rings (SSSR count). The lowest BCUT2D eigenvalue weighted by atomic mass is 9.78. The van der Waals surface area contributed by atoms with Crippen LogP contribution in [0.25, 0.3) is 0 Å². The predicted molar refractivity (Wildman–Crippen MR) is 58.0 cm³/mol. The molecule has 2 N–H and O–H groups in total. The van der Waals surface area contributed by atoms with E-state index < -0.39 is 11.4 Å². The van der Waals surface area contributed by atoms with Gasteiger partial charge in [-0.2, -0.15) is 0 Å². The van der Waals surface area contributed by atoms with Crippen LogP contribution in [0, 0.1) is 5.41 Å². The highest BCUT2D eigenvalue weighted by atomic mass is 16.5. The Bertz CT molecular complexity index is 255. The fraction of sp³-hybridized carbons (Fsp3) is 0.636. The molecule has 0 radical (unpaired) electrons. The molecule has 15 heavy (non-hydrogen) atoms. The Balaban J connectivity index is 5.03. The first kappa shape index (κ1) is 13.7. The maximum Gasteiger partial charge on any atom is 0.319 e. The van der Waals surface area contributed by atoms with Gasteiger partial charge in [-0.05, 0) is 32.0 Å². The summed E-state index contributed by atoms with van der Waals surface area (Å²) < 4.78 is 4.92. The summed E-state index contributed by atoms with van der Waals surface area (Å²) in [5.41, 5.74) is 4.09. The van der Waals surface area contributed by atoms with Crippen LogP contribution in [-0.4, -0.2) is 18.4 Å². The van der Waals surface area contributed by atoms with Crippen LogP contribution in [0.15, 0.2) is 12.3 Å². The Kier molecular flexibility index (Phi) is 5.67. The third-order valence-corrected chi connectivity index (χ3v) is 2.59. The van der Waals surface area contributed by atoms with Gasteiger partial charge in [0, 0.05) is 0 Å². The van der Waals surface area contributed by atoms with Crippen molar-refractivity contribution in [2.75, 3.05) is 6.61 Å². The van der Waals surface area contributed by atoms with Gasteiger partial charge in [-0.3, -0.25) is 9.59 Å². The minimum Gasteiger partial charge on any atom is -0.465 e. The Hall–Kier alpha value is -1.32. The second kappa shape index (κ2) is 6.22. The first-order chi connectivity index (χ1) is 7.08. The van der Waals surface area contributed by atoms with E-state index in [1.54, 1.807) is 20.8 Å². The lowest BCUT2D eigenvalue weighted by molar-refractivity contribution is -0.159. The maximum absolute atomic E-state index is 11.8. The summed E-state index contributed by atoms with van der Waals surface area (Å²) in [5, 5.41) is 0. The van der Waals surface area contributed by atoms with Gasteiger partial charge < -0.3 is 10.5 Å². The van der Waals surface area contributed by atoms with Crippen molar-refractivity contribution < 1.29 is 14.3 Å². The Morgan fingerprint density at radius 1 is 1.27 bits per heavy atom. The highest BCUT2D eigenvalue weighted by Gasteiger charge is 2.42. The fourth-order valence-electron chi connectivity index (χ4n) is 1.50. The Labute approximate surface area is 90.5 Å². The van der Waals surface area contributed by atoms with Gasteiger partial charge in [0.2, 0.25) is 0 Å². The summed E-state index contributed by atoms with van der Waals surface area (Å²) in [6.07, 6.45) is 3.22. The highest BCUT2D eigenvalue weighted by Crippen LogP contribution is 2.29. The Morgan fingerprint density at radius 2 is 1.80 bits per heavy atom. The van der Waals surface area contributed by atoms with Crippen LogP contribution >= 0.6 is 0 Å². The molecule has 0 aliphatic carbocycles. The number of hydrogen-bond acceptors (Lipinski definition) is 4. The predicted octanol–water partition coefficient (Wildman–Crippen LogP) is 1.40. The smallest absolute Gasteiger partial charge is 0.319 e. The Morgan fingerprint density at radius 3 is 2.13 bits per heavy atom. The topological polar surface area (TPSA) is 69.4 Å². The van der Waals surface area contributed by atoms with Gasteiger partial charge in [0.15, 0.2) is 5.78 Å². The molecule has 0 atom stereocenters. The molecule has 0 fully saturated rings. The van der Waals surface area contributed by atoms with Crippen molar-refractivity contribution in [2.24, 2.45) is 11.1 Å². The van der Waals surface area contributed by atoms with Crippen LogP contribution in [-0.2, 0) is 14.3 Å². The average Bonchev–Trinajstić information content (AvgIpc) is 2.21. The number of carbonyl (C=O) groups excluding carboxylic acids is 2. The van der Waals surface area contributed by atoms with Crippen LogP contribution in [0.3, 0.4) is 0 Å². The minimum absolute atomic E-state index is 0.278. The van der Waals surface area contributed by atoms with E-state index in [0.29, 0.717) is 12.8 Å². The number of ketones is 1. The number of esters is 1. The fourth-order valence-corrected chi connectivity index (χ4v) is 1.50. The summed E-state index contributed by atoms with van der Waals surface area (Å²) in [7, 11) is 0. The van der Waals surface area contributed by atoms with Crippen LogP contribution in [0.5, 0.6) is 0 Å². The molecule has 4 heteroatoms. The van der Waals surface area contributed by atoms with E-state index >= 15 is 0 Å². The van der Waals surface area contributed by atoms with E-state index in [1.807, 2.05) is 0 Å². The molecule has 0 aliphatic rings.